The molecule has 1 aromatic carbocycles. The van der Waals surface area contributed by atoms with Crippen LogP contribution in [0.3, 0.4) is 0 Å². The molecule has 1 aromatic rings. The van der Waals surface area contributed by atoms with Gasteiger partial charge in [0.15, 0.2) is 0 Å². The molecule has 1 aliphatic heterocycles. The fourth-order valence-corrected chi connectivity index (χ4v) is 2.89. The van der Waals surface area contributed by atoms with Crippen LogP contribution < -0.4 is 5.32 Å². The summed E-state index contributed by atoms with van der Waals surface area (Å²) in [5.74, 6) is -0.286. The van der Waals surface area contributed by atoms with Crippen molar-refractivity contribution < 1.29 is 14.7 Å². The number of aliphatic hydroxyl groups excluding tert-OH is 1. The summed E-state index contributed by atoms with van der Waals surface area (Å²) in [6.07, 6.45) is 1.67. The molecule has 2 amide bonds. The number of hydrogen-bond donors (Lipinski definition) is 2. The van der Waals surface area contributed by atoms with Crippen molar-refractivity contribution in [2.75, 3.05) is 6.54 Å². The summed E-state index contributed by atoms with van der Waals surface area (Å²) >= 11 is 0. The van der Waals surface area contributed by atoms with Crippen LogP contribution in [0.25, 0.3) is 0 Å². The molecule has 0 spiro atoms. The Bertz CT molecular complexity index is 581. The van der Waals surface area contributed by atoms with Crippen molar-refractivity contribution in [1.82, 2.24) is 10.2 Å². The van der Waals surface area contributed by atoms with Gasteiger partial charge in [-0.15, -0.1) is 0 Å². The second-order valence-electron chi connectivity index (χ2n) is 6.28. The highest BCUT2D eigenvalue weighted by Crippen LogP contribution is 2.29. The number of benzene rings is 1. The minimum Gasteiger partial charge on any atom is -0.391 e. The third kappa shape index (κ3) is 3.14. The van der Waals surface area contributed by atoms with Gasteiger partial charge in [-0.2, -0.15) is 0 Å². The van der Waals surface area contributed by atoms with E-state index in [0.717, 1.165) is 24.8 Å². The quantitative estimate of drug-likeness (QED) is 0.866. The van der Waals surface area contributed by atoms with E-state index in [9.17, 15) is 14.7 Å². The molecule has 1 saturated carbocycles. The van der Waals surface area contributed by atoms with Crippen molar-refractivity contribution in [3.05, 3.63) is 35.4 Å². The summed E-state index contributed by atoms with van der Waals surface area (Å²) in [5, 5.41) is 12.6. The van der Waals surface area contributed by atoms with Gasteiger partial charge in [0.2, 0.25) is 11.8 Å². The Labute approximate surface area is 130 Å². The first-order valence-corrected chi connectivity index (χ1v) is 7.90. The summed E-state index contributed by atoms with van der Waals surface area (Å²) in [5.41, 5.74) is 2.40. The fraction of sp³-hybridized carbons (Fsp3) is 0.529. The number of nitrogens with zero attached hydrogens (tertiary/aromatic N) is 1. The molecule has 5 nitrogen and oxygen atoms in total. The topological polar surface area (TPSA) is 69.6 Å². The largest absolute Gasteiger partial charge is 0.391 e. The number of rotatable bonds is 4. The zero-order valence-corrected chi connectivity index (χ0v) is 12.8. The van der Waals surface area contributed by atoms with E-state index in [0.29, 0.717) is 13.1 Å². The van der Waals surface area contributed by atoms with Crippen LogP contribution in [0.5, 0.6) is 0 Å². The Kier molecular flexibility index (Phi) is 4.16. The maximum atomic E-state index is 12.7. The van der Waals surface area contributed by atoms with Crippen molar-refractivity contribution in [3.8, 4) is 0 Å². The molecule has 2 N–H and O–H groups in total. The molecule has 2 aliphatic rings. The lowest BCUT2D eigenvalue weighted by Gasteiger charge is -2.33. The molecule has 22 heavy (non-hydrogen) atoms. The van der Waals surface area contributed by atoms with Gasteiger partial charge in [-0.05, 0) is 37.3 Å². The van der Waals surface area contributed by atoms with Crippen LogP contribution in [0.1, 0.15) is 30.9 Å². The molecule has 1 aliphatic carbocycles. The van der Waals surface area contributed by atoms with Crippen molar-refractivity contribution in [2.45, 2.75) is 44.9 Å². The molecular weight excluding hydrogens is 280 g/mol. The molecule has 2 atom stereocenters. The van der Waals surface area contributed by atoms with Crippen molar-refractivity contribution in [1.29, 1.82) is 0 Å². The minimum atomic E-state index is -0.896. The predicted octanol–water partition coefficient (Wildman–Crippen LogP) is 0.847. The van der Waals surface area contributed by atoms with Crippen LogP contribution >= 0.6 is 0 Å². The lowest BCUT2D eigenvalue weighted by Crippen LogP contribution is -2.54. The Morgan fingerprint density at radius 2 is 1.95 bits per heavy atom. The van der Waals surface area contributed by atoms with Gasteiger partial charge in [-0.25, -0.2) is 0 Å². The molecule has 1 heterocycles. The van der Waals surface area contributed by atoms with Gasteiger partial charge in [0, 0.05) is 19.0 Å². The Morgan fingerprint density at radius 1 is 1.27 bits per heavy atom. The SMILES string of the molecule is CC(O)C(NC(=O)C1CC1)C(=O)N1CCc2ccccc2C1. The molecule has 0 radical (unpaired) electrons. The zero-order chi connectivity index (χ0) is 15.7. The van der Waals surface area contributed by atoms with Crippen LogP contribution in [0, 0.1) is 5.92 Å². The standard InChI is InChI=1S/C17H22N2O3/c1-11(20)15(18-16(21)13-6-7-13)17(22)19-9-8-12-4-2-3-5-14(12)10-19/h2-5,11,13,15,20H,6-10H2,1H3,(H,18,21). The van der Waals surface area contributed by atoms with Crippen LogP contribution in [0.15, 0.2) is 24.3 Å². The number of aliphatic hydroxyl groups is 1. The summed E-state index contributed by atoms with van der Waals surface area (Å²) in [6.45, 7) is 2.71. The van der Waals surface area contributed by atoms with Crippen LogP contribution in [0.2, 0.25) is 0 Å². The maximum Gasteiger partial charge on any atom is 0.248 e. The van der Waals surface area contributed by atoms with Crippen molar-refractivity contribution in [2.24, 2.45) is 5.92 Å². The van der Waals surface area contributed by atoms with E-state index in [1.807, 2.05) is 18.2 Å². The van der Waals surface area contributed by atoms with Gasteiger partial charge in [-0.3, -0.25) is 9.59 Å². The van der Waals surface area contributed by atoms with Gasteiger partial charge in [0.25, 0.3) is 0 Å². The molecule has 0 bridgehead atoms. The van der Waals surface area contributed by atoms with Crippen LogP contribution in [-0.4, -0.2) is 40.5 Å². The normalized spacial score (nSPS) is 20.0. The van der Waals surface area contributed by atoms with Crippen molar-refractivity contribution >= 4 is 11.8 Å². The second kappa shape index (κ2) is 6.08. The van der Waals surface area contributed by atoms with Gasteiger partial charge >= 0.3 is 0 Å². The molecule has 118 valence electrons. The summed E-state index contributed by atoms with van der Waals surface area (Å²) < 4.78 is 0. The molecule has 0 saturated heterocycles. The number of hydrogen-bond acceptors (Lipinski definition) is 3. The molecule has 1 fully saturated rings. The van der Waals surface area contributed by atoms with Crippen LogP contribution in [-0.2, 0) is 22.6 Å². The van der Waals surface area contributed by atoms with E-state index >= 15 is 0 Å². The lowest BCUT2D eigenvalue weighted by atomic mass is 9.99. The third-order valence-electron chi connectivity index (χ3n) is 4.44. The highest BCUT2D eigenvalue weighted by molar-refractivity contribution is 5.90. The summed E-state index contributed by atoms with van der Waals surface area (Å²) in [7, 11) is 0. The van der Waals surface area contributed by atoms with E-state index in [1.165, 1.54) is 5.56 Å². The molecule has 2 unspecified atom stereocenters. The maximum absolute atomic E-state index is 12.7. The molecule has 0 aromatic heterocycles. The van der Waals surface area contributed by atoms with E-state index in [2.05, 4.69) is 11.4 Å². The number of amides is 2. The smallest absolute Gasteiger partial charge is 0.248 e. The molecule has 3 rings (SSSR count). The van der Waals surface area contributed by atoms with Crippen LogP contribution in [0.4, 0.5) is 0 Å². The Hall–Kier alpha value is -1.88. The first-order chi connectivity index (χ1) is 10.6. The van der Waals surface area contributed by atoms with E-state index in [-0.39, 0.29) is 17.7 Å². The van der Waals surface area contributed by atoms with E-state index in [4.69, 9.17) is 0 Å². The predicted molar refractivity (Wildman–Crippen MR) is 81.9 cm³/mol. The zero-order valence-electron chi connectivity index (χ0n) is 12.8. The highest BCUT2D eigenvalue weighted by atomic mass is 16.3. The highest BCUT2D eigenvalue weighted by Gasteiger charge is 2.36. The van der Waals surface area contributed by atoms with Gasteiger partial charge in [0.1, 0.15) is 6.04 Å². The van der Waals surface area contributed by atoms with Crippen molar-refractivity contribution in [3.63, 3.8) is 0 Å². The van der Waals surface area contributed by atoms with E-state index < -0.39 is 12.1 Å². The monoisotopic (exact) mass is 302 g/mol. The van der Waals surface area contributed by atoms with Gasteiger partial charge in [0.05, 0.1) is 6.10 Å². The summed E-state index contributed by atoms with van der Waals surface area (Å²) in [4.78, 5) is 26.3. The average Bonchev–Trinajstić information content (AvgIpc) is 3.36. The number of carbonyl (C=O) groups excluding carboxylic acids is 2. The third-order valence-corrected chi connectivity index (χ3v) is 4.44. The lowest BCUT2D eigenvalue weighted by molar-refractivity contribution is -0.140. The first-order valence-electron chi connectivity index (χ1n) is 7.90. The Morgan fingerprint density at radius 3 is 2.59 bits per heavy atom. The number of nitrogens with one attached hydrogen (secondary N) is 1. The number of fused-ring (bicyclic) bond motifs is 1. The molecular formula is C17H22N2O3. The minimum absolute atomic E-state index is 0.0242. The second-order valence-corrected chi connectivity index (χ2v) is 6.28. The summed E-state index contributed by atoms with van der Waals surface area (Å²) in [6, 6.07) is 7.23. The first kappa shape index (κ1) is 15.0. The fourth-order valence-electron chi connectivity index (χ4n) is 2.89. The van der Waals surface area contributed by atoms with Gasteiger partial charge in [-0.1, -0.05) is 24.3 Å². The Balaban J connectivity index is 1.69. The average molecular weight is 302 g/mol. The molecule has 5 heteroatoms. The van der Waals surface area contributed by atoms with Gasteiger partial charge < -0.3 is 15.3 Å². The van der Waals surface area contributed by atoms with E-state index in [1.54, 1.807) is 11.8 Å². The number of carbonyl (C=O) groups is 2.